The Labute approximate surface area is 142 Å². The van der Waals surface area contributed by atoms with E-state index in [2.05, 4.69) is 19.2 Å². The lowest BCUT2D eigenvalue weighted by Gasteiger charge is -2.10. The number of phenols is 1. The molecule has 2 atom stereocenters. The van der Waals surface area contributed by atoms with Crippen molar-refractivity contribution < 1.29 is 14.6 Å². The van der Waals surface area contributed by atoms with Gasteiger partial charge in [-0.05, 0) is 60.2 Å². The van der Waals surface area contributed by atoms with Gasteiger partial charge in [0, 0.05) is 11.6 Å². The Morgan fingerprint density at radius 2 is 1.83 bits per heavy atom. The molecule has 2 unspecified atom stereocenters. The number of hydrogen-bond donors (Lipinski definition) is 2. The summed E-state index contributed by atoms with van der Waals surface area (Å²) in [5, 5.41) is 12.3. The minimum absolute atomic E-state index is 0.00594. The van der Waals surface area contributed by atoms with Crippen LogP contribution in [0.15, 0.2) is 48.5 Å². The van der Waals surface area contributed by atoms with E-state index in [1.54, 1.807) is 12.1 Å². The largest absolute Gasteiger partial charge is 0.508 e. The highest BCUT2D eigenvalue weighted by atomic mass is 16.5. The van der Waals surface area contributed by atoms with E-state index in [9.17, 15) is 9.90 Å². The van der Waals surface area contributed by atoms with E-state index in [-0.39, 0.29) is 23.5 Å². The molecule has 3 rings (SSSR count). The highest BCUT2D eigenvalue weighted by molar-refractivity contribution is 5.95. The van der Waals surface area contributed by atoms with Crippen molar-refractivity contribution in [2.75, 3.05) is 11.9 Å². The van der Waals surface area contributed by atoms with Crippen molar-refractivity contribution in [1.82, 2.24) is 0 Å². The van der Waals surface area contributed by atoms with Gasteiger partial charge < -0.3 is 15.2 Å². The third-order valence-corrected chi connectivity index (χ3v) is 4.15. The lowest BCUT2D eigenvalue weighted by molar-refractivity contribution is -0.117. The number of aromatic hydroxyl groups is 1. The van der Waals surface area contributed by atoms with E-state index in [4.69, 9.17) is 4.74 Å². The summed E-state index contributed by atoms with van der Waals surface area (Å²) in [4.78, 5) is 12.3. The fourth-order valence-corrected chi connectivity index (χ4v) is 2.71. The van der Waals surface area contributed by atoms with Crippen LogP contribution in [0.5, 0.6) is 11.5 Å². The van der Waals surface area contributed by atoms with Crippen LogP contribution in [0.25, 0.3) is 0 Å². The molecule has 2 aromatic rings. The van der Waals surface area contributed by atoms with Gasteiger partial charge in [0.25, 0.3) is 0 Å². The van der Waals surface area contributed by atoms with Gasteiger partial charge in [0.2, 0.25) is 5.91 Å². The molecular formula is C20H23NO3. The number of carbonyl (C=O) groups is 1. The van der Waals surface area contributed by atoms with Crippen LogP contribution in [0.4, 0.5) is 5.69 Å². The molecule has 0 aromatic heterocycles. The van der Waals surface area contributed by atoms with Gasteiger partial charge >= 0.3 is 0 Å². The van der Waals surface area contributed by atoms with Crippen LogP contribution in [0.1, 0.15) is 31.7 Å². The van der Waals surface area contributed by atoms with E-state index in [1.807, 2.05) is 36.4 Å². The predicted octanol–water partition coefficient (Wildman–Crippen LogP) is 4.17. The van der Waals surface area contributed by atoms with E-state index in [0.717, 1.165) is 23.4 Å². The average molecular weight is 325 g/mol. The fourth-order valence-electron chi connectivity index (χ4n) is 2.71. The van der Waals surface area contributed by atoms with E-state index in [0.29, 0.717) is 12.5 Å². The van der Waals surface area contributed by atoms with Crippen molar-refractivity contribution in [3.63, 3.8) is 0 Å². The zero-order valence-electron chi connectivity index (χ0n) is 14.0. The molecule has 1 aliphatic carbocycles. The first kappa shape index (κ1) is 16.4. The van der Waals surface area contributed by atoms with Gasteiger partial charge in [-0.3, -0.25) is 4.79 Å². The first-order valence-corrected chi connectivity index (χ1v) is 8.35. The van der Waals surface area contributed by atoms with Gasteiger partial charge in [-0.25, -0.2) is 0 Å². The lowest BCUT2D eigenvalue weighted by atomic mass is 10.1. The summed E-state index contributed by atoms with van der Waals surface area (Å²) in [6.07, 6.45) is 0.853. The van der Waals surface area contributed by atoms with Gasteiger partial charge in [-0.15, -0.1) is 0 Å². The molecule has 4 heteroatoms. The fraction of sp³-hybridized carbons (Fsp3) is 0.350. The maximum Gasteiger partial charge on any atom is 0.228 e. The van der Waals surface area contributed by atoms with Crippen LogP contribution in [-0.2, 0) is 4.79 Å². The minimum Gasteiger partial charge on any atom is -0.508 e. The lowest BCUT2D eigenvalue weighted by Crippen LogP contribution is -2.14. The van der Waals surface area contributed by atoms with Gasteiger partial charge in [-0.1, -0.05) is 26.0 Å². The molecule has 0 heterocycles. The Bertz CT molecular complexity index is 692. The molecule has 1 amide bonds. The summed E-state index contributed by atoms with van der Waals surface area (Å²) < 4.78 is 5.64. The van der Waals surface area contributed by atoms with Crippen molar-refractivity contribution in [2.24, 2.45) is 11.8 Å². The Kier molecular flexibility index (Phi) is 4.74. The van der Waals surface area contributed by atoms with Crippen molar-refractivity contribution in [2.45, 2.75) is 26.2 Å². The van der Waals surface area contributed by atoms with E-state index < -0.39 is 0 Å². The maximum absolute atomic E-state index is 12.3. The Hall–Kier alpha value is -2.49. The van der Waals surface area contributed by atoms with Crippen molar-refractivity contribution in [3.8, 4) is 11.5 Å². The second-order valence-corrected chi connectivity index (χ2v) is 6.76. The Balaban J connectivity index is 1.53. The molecule has 2 aromatic carbocycles. The first-order chi connectivity index (χ1) is 11.5. The molecule has 0 spiro atoms. The number of benzene rings is 2. The molecular weight excluding hydrogens is 302 g/mol. The molecule has 0 saturated heterocycles. The summed E-state index contributed by atoms with van der Waals surface area (Å²) in [5.74, 6) is 1.85. The molecule has 1 saturated carbocycles. The molecule has 1 aliphatic rings. The quantitative estimate of drug-likeness (QED) is 0.838. The SMILES string of the molecule is CC(C)COc1ccc(NC(=O)C2CC2c2ccc(O)cc2)cc1. The van der Waals surface area contributed by atoms with Crippen molar-refractivity contribution >= 4 is 11.6 Å². The summed E-state index contributed by atoms with van der Waals surface area (Å²) in [7, 11) is 0. The second-order valence-electron chi connectivity index (χ2n) is 6.76. The Morgan fingerprint density at radius 1 is 1.17 bits per heavy atom. The number of ether oxygens (including phenoxy) is 1. The van der Waals surface area contributed by atoms with Gasteiger partial charge in [0.1, 0.15) is 11.5 Å². The van der Waals surface area contributed by atoms with Crippen LogP contribution in [0.2, 0.25) is 0 Å². The number of nitrogens with one attached hydrogen (secondary N) is 1. The first-order valence-electron chi connectivity index (χ1n) is 8.35. The standard InChI is InChI=1S/C20H23NO3/c1-13(2)12-24-17-9-5-15(6-10-17)21-20(23)19-11-18(19)14-3-7-16(22)8-4-14/h3-10,13,18-19,22H,11-12H2,1-2H3,(H,21,23). The average Bonchev–Trinajstić information content (AvgIpc) is 3.35. The van der Waals surface area contributed by atoms with Gasteiger partial charge in [0.05, 0.1) is 6.61 Å². The van der Waals surface area contributed by atoms with Crippen LogP contribution in [-0.4, -0.2) is 17.6 Å². The van der Waals surface area contributed by atoms with E-state index >= 15 is 0 Å². The highest BCUT2D eigenvalue weighted by Crippen LogP contribution is 2.48. The molecule has 1 fully saturated rings. The molecule has 126 valence electrons. The van der Waals surface area contributed by atoms with Crippen LogP contribution >= 0.6 is 0 Å². The minimum atomic E-state index is 0.00594. The van der Waals surface area contributed by atoms with Crippen LogP contribution < -0.4 is 10.1 Å². The number of carbonyl (C=O) groups excluding carboxylic acids is 1. The summed E-state index contributed by atoms with van der Waals surface area (Å²) >= 11 is 0. The summed E-state index contributed by atoms with van der Waals surface area (Å²) in [6, 6.07) is 14.6. The van der Waals surface area contributed by atoms with Gasteiger partial charge in [-0.2, -0.15) is 0 Å². The third kappa shape index (κ3) is 4.07. The molecule has 24 heavy (non-hydrogen) atoms. The van der Waals surface area contributed by atoms with Crippen molar-refractivity contribution in [3.05, 3.63) is 54.1 Å². The van der Waals surface area contributed by atoms with E-state index in [1.165, 1.54) is 0 Å². The molecule has 4 nitrogen and oxygen atoms in total. The number of anilines is 1. The molecule has 0 radical (unpaired) electrons. The maximum atomic E-state index is 12.3. The van der Waals surface area contributed by atoms with Crippen LogP contribution in [0, 0.1) is 11.8 Å². The highest BCUT2D eigenvalue weighted by Gasteiger charge is 2.43. The topological polar surface area (TPSA) is 58.6 Å². The zero-order chi connectivity index (χ0) is 17.1. The monoisotopic (exact) mass is 325 g/mol. The number of rotatable bonds is 6. The second kappa shape index (κ2) is 6.95. The Morgan fingerprint density at radius 3 is 2.46 bits per heavy atom. The summed E-state index contributed by atoms with van der Waals surface area (Å²) in [5.41, 5.74) is 1.89. The normalized spacial score (nSPS) is 19.1. The van der Waals surface area contributed by atoms with Crippen LogP contribution in [0.3, 0.4) is 0 Å². The zero-order valence-corrected chi connectivity index (χ0v) is 14.0. The van der Waals surface area contributed by atoms with Crippen molar-refractivity contribution in [1.29, 1.82) is 0 Å². The number of hydrogen-bond acceptors (Lipinski definition) is 3. The number of phenolic OH excluding ortho intramolecular Hbond substituents is 1. The predicted molar refractivity (Wildman–Crippen MR) is 94.4 cm³/mol. The van der Waals surface area contributed by atoms with Gasteiger partial charge in [0.15, 0.2) is 0 Å². The number of amides is 1. The third-order valence-electron chi connectivity index (χ3n) is 4.15. The summed E-state index contributed by atoms with van der Waals surface area (Å²) in [6.45, 7) is 4.89. The molecule has 0 aliphatic heterocycles. The molecule has 0 bridgehead atoms. The smallest absolute Gasteiger partial charge is 0.228 e. The molecule has 2 N–H and O–H groups in total.